The van der Waals surface area contributed by atoms with E-state index in [1.807, 2.05) is 48.8 Å². The SMILES string of the molecule is CN(C)CCCN1C(=S)NC(c2ccccn2)C1c1cccn1-c1ccc(Cl)cc1Cl. The van der Waals surface area contributed by atoms with Crippen LogP contribution in [0.1, 0.15) is 29.9 Å². The minimum atomic E-state index is -0.0622. The highest BCUT2D eigenvalue weighted by Gasteiger charge is 2.41. The topological polar surface area (TPSA) is 36.3 Å². The molecule has 0 amide bonds. The Morgan fingerprint density at radius 1 is 1.13 bits per heavy atom. The molecule has 0 radical (unpaired) electrons. The summed E-state index contributed by atoms with van der Waals surface area (Å²) in [6.07, 6.45) is 4.85. The summed E-state index contributed by atoms with van der Waals surface area (Å²) in [5.74, 6) is 0. The van der Waals surface area contributed by atoms with E-state index in [0.717, 1.165) is 41.7 Å². The Morgan fingerprint density at radius 2 is 1.97 bits per heavy atom. The second-order valence-corrected chi connectivity index (χ2v) is 9.11. The van der Waals surface area contributed by atoms with Crippen LogP contribution in [0.5, 0.6) is 0 Å². The van der Waals surface area contributed by atoms with Crippen LogP contribution in [0.3, 0.4) is 0 Å². The summed E-state index contributed by atoms with van der Waals surface area (Å²) in [6, 6.07) is 15.6. The smallest absolute Gasteiger partial charge is 0.170 e. The number of aromatic nitrogens is 2. The summed E-state index contributed by atoms with van der Waals surface area (Å²) < 4.78 is 2.12. The molecule has 3 heterocycles. The van der Waals surface area contributed by atoms with Crippen LogP contribution in [-0.2, 0) is 0 Å². The lowest BCUT2D eigenvalue weighted by molar-refractivity contribution is 0.286. The van der Waals surface area contributed by atoms with Gasteiger partial charge in [-0.1, -0.05) is 29.3 Å². The molecule has 1 aliphatic rings. The molecule has 0 saturated carbocycles. The van der Waals surface area contributed by atoms with E-state index < -0.39 is 0 Å². The fourth-order valence-corrected chi connectivity index (χ4v) is 4.89. The molecule has 31 heavy (non-hydrogen) atoms. The van der Waals surface area contributed by atoms with Crippen LogP contribution in [0.2, 0.25) is 10.0 Å². The first kappa shape index (κ1) is 22.1. The summed E-state index contributed by atoms with van der Waals surface area (Å²) in [5, 5.41) is 5.48. The third-order valence-corrected chi connectivity index (χ3v) is 6.34. The second-order valence-electron chi connectivity index (χ2n) is 7.88. The van der Waals surface area contributed by atoms with Crippen molar-refractivity contribution < 1.29 is 0 Å². The van der Waals surface area contributed by atoms with E-state index in [0.29, 0.717) is 10.0 Å². The predicted octanol–water partition coefficient (Wildman–Crippen LogP) is 5.10. The van der Waals surface area contributed by atoms with Gasteiger partial charge in [-0.2, -0.15) is 0 Å². The van der Waals surface area contributed by atoms with Crippen molar-refractivity contribution >= 4 is 40.5 Å². The van der Waals surface area contributed by atoms with Crippen molar-refractivity contribution in [3.63, 3.8) is 0 Å². The van der Waals surface area contributed by atoms with Gasteiger partial charge in [0.05, 0.1) is 28.5 Å². The number of rotatable bonds is 7. The molecule has 1 aromatic carbocycles. The zero-order chi connectivity index (χ0) is 22.0. The zero-order valence-corrected chi connectivity index (χ0v) is 19.8. The summed E-state index contributed by atoms with van der Waals surface area (Å²) in [6.45, 7) is 1.83. The van der Waals surface area contributed by atoms with Crippen molar-refractivity contribution in [1.29, 1.82) is 0 Å². The molecular formula is C23H25Cl2N5S. The molecule has 8 heteroatoms. The van der Waals surface area contributed by atoms with Crippen molar-refractivity contribution in [2.24, 2.45) is 0 Å². The van der Waals surface area contributed by atoms with E-state index in [2.05, 4.69) is 44.8 Å². The van der Waals surface area contributed by atoms with Crippen LogP contribution in [0, 0.1) is 0 Å². The number of hydrogen-bond acceptors (Lipinski definition) is 3. The van der Waals surface area contributed by atoms with E-state index in [1.54, 1.807) is 6.07 Å². The van der Waals surface area contributed by atoms with Crippen molar-refractivity contribution in [2.45, 2.75) is 18.5 Å². The van der Waals surface area contributed by atoms with Gasteiger partial charge in [-0.25, -0.2) is 0 Å². The fourth-order valence-electron chi connectivity index (χ4n) is 4.06. The number of nitrogens with zero attached hydrogens (tertiary/aromatic N) is 4. The maximum absolute atomic E-state index is 6.56. The molecule has 2 unspecified atom stereocenters. The quantitative estimate of drug-likeness (QED) is 0.482. The Morgan fingerprint density at radius 3 is 2.68 bits per heavy atom. The van der Waals surface area contributed by atoms with Crippen LogP contribution < -0.4 is 5.32 Å². The molecule has 4 rings (SSSR count). The third kappa shape index (κ3) is 4.72. The maximum Gasteiger partial charge on any atom is 0.170 e. The third-order valence-electron chi connectivity index (χ3n) is 5.45. The van der Waals surface area contributed by atoms with Crippen LogP contribution in [0.25, 0.3) is 5.69 Å². The predicted molar refractivity (Wildman–Crippen MR) is 131 cm³/mol. The standard InChI is InChI=1S/C23H25Cl2N5S/c1-28(2)12-6-14-30-22(21(27-23(30)31)18-7-3-4-11-26-18)20-8-5-13-29(20)19-10-9-16(24)15-17(19)25/h3-5,7-11,13,15,21-22H,6,12,14H2,1-2H3,(H,27,31). The van der Waals surface area contributed by atoms with E-state index >= 15 is 0 Å². The van der Waals surface area contributed by atoms with Gasteiger partial charge < -0.3 is 19.7 Å². The Bertz CT molecular complexity index is 1050. The number of pyridine rings is 1. The van der Waals surface area contributed by atoms with Gasteiger partial charge in [0.1, 0.15) is 0 Å². The van der Waals surface area contributed by atoms with Gasteiger partial charge in [-0.15, -0.1) is 0 Å². The van der Waals surface area contributed by atoms with Gasteiger partial charge in [-0.05, 0) is 81.7 Å². The highest BCUT2D eigenvalue weighted by atomic mass is 35.5. The summed E-state index contributed by atoms with van der Waals surface area (Å²) in [7, 11) is 4.17. The van der Waals surface area contributed by atoms with Crippen molar-refractivity contribution in [3.05, 3.63) is 82.4 Å². The van der Waals surface area contributed by atoms with Crippen LogP contribution in [0.15, 0.2) is 60.9 Å². The minimum absolute atomic E-state index is 0.0219. The summed E-state index contributed by atoms with van der Waals surface area (Å²) in [4.78, 5) is 9.08. The lowest BCUT2D eigenvalue weighted by Crippen LogP contribution is -2.33. The molecule has 0 bridgehead atoms. The Labute approximate surface area is 198 Å². The highest BCUT2D eigenvalue weighted by Crippen LogP contribution is 2.40. The molecule has 2 atom stereocenters. The lowest BCUT2D eigenvalue weighted by atomic mass is 10.0. The monoisotopic (exact) mass is 473 g/mol. The fraction of sp³-hybridized carbons (Fsp3) is 0.304. The molecule has 1 N–H and O–H groups in total. The number of benzene rings is 1. The number of halogens is 2. The molecule has 5 nitrogen and oxygen atoms in total. The number of nitrogens with one attached hydrogen (secondary N) is 1. The highest BCUT2D eigenvalue weighted by molar-refractivity contribution is 7.80. The first-order chi connectivity index (χ1) is 15.0. The summed E-state index contributed by atoms with van der Waals surface area (Å²) >= 11 is 18.5. The van der Waals surface area contributed by atoms with Crippen LogP contribution >= 0.6 is 35.4 Å². The van der Waals surface area contributed by atoms with E-state index in [-0.39, 0.29) is 12.1 Å². The molecule has 3 aromatic rings. The van der Waals surface area contributed by atoms with Gasteiger partial charge in [0.25, 0.3) is 0 Å². The number of hydrogen-bond donors (Lipinski definition) is 1. The van der Waals surface area contributed by atoms with Crippen molar-refractivity contribution in [1.82, 2.24) is 24.7 Å². The average Bonchev–Trinajstić information content (AvgIpc) is 3.33. The van der Waals surface area contributed by atoms with Gasteiger partial charge in [0, 0.05) is 29.7 Å². The van der Waals surface area contributed by atoms with E-state index in [1.165, 1.54) is 0 Å². The molecule has 1 fully saturated rings. The number of thiocarbonyl (C=S) groups is 1. The Balaban J connectivity index is 1.76. The lowest BCUT2D eigenvalue weighted by Gasteiger charge is -2.29. The largest absolute Gasteiger partial charge is 0.352 e. The molecule has 2 aromatic heterocycles. The Hall–Kier alpha value is -2.12. The molecule has 1 saturated heterocycles. The van der Waals surface area contributed by atoms with Crippen molar-refractivity contribution in [2.75, 3.05) is 27.2 Å². The van der Waals surface area contributed by atoms with Gasteiger partial charge >= 0.3 is 0 Å². The molecule has 0 spiro atoms. The molecule has 0 aliphatic carbocycles. The Kier molecular flexibility index (Phi) is 6.82. The second kappa shape index (κ2) is 9.57. The average molecular weight is 474 g/mol. The van der Waals surface area contributed by atoms with E-state index in [9.17, 15) is 0 Å². The minimum Gasteiger partial charge on any atom is -0.352 e. The van der Waals surface area contributed by atoms with Gasteiger partial charge in [-0.3, -0.25) is 4.98 Å². The van der Waals surface area contributed by atoms with Gasteiger partial charge in [0.15, 0.2) is 5.11 Å². The van der Waals surface area contributed by atoms with Crippen LogP contribution in [0.4, 0.5) is 0 Å². The summed E-state index contributed by atoms with van der Waals surface area (Å²) in [5.41, 5.74) is 2.94. The zero-order valence-electron chi connectivity index (χ0n) is 17.5. The van der Waals surface area contributed by atoms with Gasteiger partial charge in [0.2, 0.25) is 0 Å². The first-order valence-electron chi connectivity index (χ1n) is 10.2. The normalized spacial score (nSPS) is 18.6. The maximum atomic E-state index is 6.56. The first-order valence-corrected chi connectivity index (χ1v) is 11.4. The van der Waals surface area contributed by atoms with E-state index in [4.69, 9.17) is 35.4 Å². The van der Waals surface area contributed by atoms with Crippen LogP contribution in [-0.4, -0.2) is 51.6 Å². The molecule has 1 aliphatic heterocycles. The molecular weight excluding hydrogens is 449 g/mol. The van der Waals surface area contributed by atoms with Crippen molar-refractivity contribution in [3.8, 4) is 5.69 Å². The molecule has 162 valence electrons.